The van der Waals surface area contributed by atoms with Gasteiger partial charge in [0.05, 0.1) is 10.0 Å². The topological polar surface area (TPSA) is 58.2 Å². The molecule has 0 saturated heterocycles. The molecular formula is C20H24Cl2N2O2. The molecule has 26 heavy (non-hydrogen) atoms. The first-order chi connectivity index (χ1) is 12.4. The van der Waals surface area contributed by atoms with Crippen LogP contribution in [0.5, 0.6) is 0 Å². The van der Waals surface area contributed by atoms with Crippen LogP contribution < -0.4 is 10.6 Å². The molecule has 4 saturated carbocycles. The third kappa shape index (κ3) is 3.59. The maximum atomic E-state index is 12.8. The first-order valence-electron chi connectivity index (χ1n) is 9.47. The van der Waals surface area contributed by atoms with E-state index in [1.54, 1.807) is 18.2 Å². The van der Waals surface area contributed by atoms with Gasteiger partial charge in [0.1, 0.15) is 0 Å². The molecule has 0 aromatic heterocycles. The molecule has 0 radical (unpaired) electrons. The van der Waals surface area contributed by atoms with Crippen molar-refractivity contribution in [3.05, 3.63) is 28.2 Å². The lowest BCUT2D eigenvalue weighted by atomic mass is 9.49. The number of hydrogen-bond donors (Lipinski definition) is 2. The zero-order valence-corrected chi connectivity index (χ0v) is 16.2. The fourth-order valence-corrected chi connectivity index (χ4v) is 5.96. The molecule has 5 rings (SSSR count). The molecule has 140 valence electrons. The summed E-state index contributed by atoms with van der Waals surface area (Å²) in [4.78, 5) is 24.9. The Morgan fingerprint density at radius 3 is 2.19 bits per heavy atom. The number of rotatable bonds is 5. The van der Waals surface area contributed by atoms with Crippen LogP contribution in [0.4, 0.5) is 5.69 Å². The Labute approximate surface area is 164 Å². The number of nitrogens with one attached hydrogen (secondary N) is 2. The maximum absolute atomic E-state index is 12.8. The monoisotopic (exact) mass is 394 g/mol. The Morgan fingerprint density at radius 1 is 1.00 bits per heavy atom. The van der Waals surface area contributed by atoms with E-state index >= 15 is 0 Å². The molecule has 4 bridgehead atoms. The normalized spacial score (nSPS) is 31.7. The van der Waals surface area contributed by atoms with Crippen molar-refractivity contribution >= 4 is 40.7 Å². The Bertz CT molecular complexity index is 699. The van der Waals surface area contributed by atoms with Gasteiger partial charge in [0.15, 0.2) is 0 Å². The molecule has 6 heteroatoms. The molecule has 0 spiro atoms. The van der Waals surface area contributed by atoms with Gasteiger partial charge in [0.25, 0.3) is 0 Å². The van der Waals surface area contributed by atoms with Crippen LogP contribution in [0.25, 0.3) is 0 Å². The van der Waals surface area contributed by atoms with E-state index in [1.807, 2.05) is 0 Å². The number of hydrogen-bond acceptors (Lipinski definition) is 2. The molecule has 0 atom stereocenters. The van der Waals surface area contributed by atoms with Crippen LogP contribution in [0.15, 0.2) is 18.2 Å². The minimum absolute atomic E-state index is 0.144. The maximum Gasteiger partial charge on any atom is 0.226 e. The van der Waals surface area contributed by atoms with Crippen molar-refractivity contribution in [3.8, 4) is 0 Å². The van der Waals surface area contributed by atoms with Crippen molar-refractivity contribution in [2.75, 3.05) is 11.9 Å². The molecule has 0 heterocycles. The lowest BCUT2D eigenvalue weighted by Gasteiger charge is -2.55. The third-order valence-corrected chi connectivity index (χ3v) is 7.10. The molecule has 0 unspecified atom stereocenters. The number of halogens is 2. The Morgan fingerprint density at radius 2 is 1.62 bits per heavy atom. The van der Waals surface area contributed by atoms with E-state index in [-0.39, 0.29) is 23.7 Å². The highest BCUT2D eigenvalue weighted by Crippen LogP contribution is 2.60. The Kier molecular flexibility index (Phi) is 4.91. The largest absolute Gasteiger partial charge is 0.355 e. The van der Waals surface area contributed by atoms with Gasteiger partial charge in [-0.25, -0.2) is 0 Å². The van der Waals surface area contributed by atoms with Crippen LogP contribution in [-0.2, 0) is 9.59 Å². The summed E-state index contributed by atoms with van der Waals surface area (Å²) in [5, 5.41) is 6.67. The molecule has 4 nitrogen and oxygen atoms in total. The van der Waals surface area contributed by atoms with Crippen molar-refractivity contribution < 1.29 is 9.59 Å². The van der Waals surface area contributed by atoms with E-state index in [0.717, 1.165) is 37.0 Å². The summed E-state index contributed by atoms with van der Waals surface area (Å²) in [5.41, 5.74) is 0.450. The van der Waals surface area contributed by atoms with Crippen molar-refractivity contribution in [2.45, 2.75) is 44.9 Å². The van der Waals surface area contributed by atoms with E-state index in [0.29, 0.717) is 22.3 Å². The second-order valence-electron chi connectivity index (χ2n) is 8.38. The number of anilines is 1. The Balaban J connectivity index is 1.27. The molecule has 4 aliphatic carbocycles. The fraction of sp³-hybridized carbons (Fsp3) is 0.600. The van der Waals surface area contributed by atoms with Gasteiger partial charge in [-0.1, -0.05) is 23.2 Å². The summed E-state index contributed by atoms with van der Waals surface area (Å²) in [5.74, 6) is 2.24. The van der Waals surface area contributed by atoms with Gasteiger partial charge in [0, 0.05) is 24.1 Å². The highest BCUT2D eigenvalue weighted by molar-refractivity contribution is 6.42. The second kappa shape index (κ2) is 7.05. The SMILES string of the molecule is O=C(CCNC(=O)C12CC3CC(CC(C3)C1)C2)Nc1ccc(Cl)c(Cl)c1. The van der Waals surface area contributed by atoms with E-state index in [1.165, 1.54) is 19.3 Å². The molecule has 1 aromatic rings. The number of benzene rings is 1. The van der Waals surface area contributed by atoms with Crippen LogP contribution in [-0.4, -0.2) is 18.4 Å². The zero-order chi connectivity index (χ0) is 18.3. The van der Waals surface area contributed by atoms with Crippen LogP contribution in [0.2, 0.25) is 10.0 Å². The number of amides is 2. The standard InChI is InChI=1S/C20H24Cl2N2O2/c21-16-2-1-15(8-17(16)22)24-18(25)3-4-23-19(26)20-9-12-5-13(10-20)7-14(6-12)11-20/h1-2,8,12-14H,3-7,9-11H2,(H,23,26)(H,24,25). The van der Waals surface area contributed by atoms with Crippen LogP contribution in [0, 0.1) is 23.2 Å². The van der Waals surface area contributed by atoms with Gasteiger partial charge in [-0.3, -0.25) is 9.59 Å². The summed E-state index contributed by atoms with van der Waals surface area (Å²) < 4.78 is 0. The van der Waals surface area contributed by atoms with Crippen LogP contribution in [0.3, 0.4) is 0 Å². The summed E-state index contributed by atoms with van der Waals surface area (Å²) >= 11 is 11.8. The molecular weight excluding hydrogens is 371 g/mol. The van der Waals surface area contributed by atoms with E-state index in [4.69, 9.17) is 23.2 Å². The van der Waals surface area contributed by atoms with Gasteiger partial charge < -0.3 is 10.6 Å². The molecule has 4 aliphatic rings. The minimum Gasteiger partial charge on any atom is -0.355 e. The summed E-state index contributed by atoms with van der Waals surface area (Å²) in [6, 6.07) is 4.98. The van der Waals surface area contributed by atoms with Crippen molar-refractivity contribution in [1.82, 2.24) is 5.32 Å². The molecule has 1 aromatic carbocycles. The Hall–Kier alpha value is -1.26. The van der Waals surface area contributed by atoms with Crippen molar-refractivity contribution in [2.24, 2.45) is 23.2 Å². The van der Waals surface area contributed by atoms with Gasteiger partial charge in [0.2, 0.25) is 11.8 Å². The number of carbonyl (C=O) groups excluding carboxylic acids is 2. The predicted molar refractivity (Wildman–Crippen MR) is 103 cm³/mol. The highest BCUT2D eigenvalue weighted by atomic mass is 35.5. The first-order valence-corrected chi connectivity index (χ1v) is 10.2. The lowest BCUT2D eigenvalue weighted by molar-refractivity contribution is -0.146. The van der Waals surface area contributed by atoms with E-state index in [9.17, 15) is 9.59 Å². The van der Waals surface area contributed by atoms with Gasteiger partial charge in [-0.2, -0.15) is 0 Å². The zero-order valence-electron chi connectivity index (χ0n) is 14.7. The molecule has 0 aliphatic heterocycles. The lowest BCUT2D eigenvalue weighted by Crippen LogP contribution is -2.53. The molecule has 4 fully saturated rings. The summed E-state index contributed by atoms with van der Waals surface area (Å²) in [6.45, 7) is 0.369. The minimum atomic E-state index is -0.158. The average Bonchev–Trinajstić information content (AvgIpc) is 2.57. The van der Waals surface area contributed by atoms with Gasteiger partial charge in [-0.05, 0) is 74.5 Å². The number of carbonyl (C=O) groups is 2. The molecule has 2 N–H and O–H groups in total. The van der Waals surface area contributed by atoms with Gasteiger partial charge in [-0.15, -0.1) is 0 Å². The fourth-order valence-electron chi connectivity index (χ4n) is 5.66. The summed E-state index contributed by atoms with van der Waals surface area (Å²) in [7, 11) is 0. The average molecular weight is 395 g/mol. The summed E-state index contributed by atoms with van der Waals surface area (Å²) in [6.07, 6.45) is 7.33. The quantitative estimate of drug-likeness (QED) is 0.762. The van der Waals surface area contributed by atoms with E-state index < -0.39 is 0 Å². The predicted octanol–water partition coefficient (Wildman–Crippen LogP) is 4.65. The van der Waals surface area contributed by atoms with Crippen LogP contribution >= 0.6 is 23.2 Å². The van der Waals surface area contributed by atoms with Gasteiger partial charge >= 0.3 is 0 Å². The van der Waals surface area contributed by atoms with E-state index in [2.05, 4.69) is 10.6 Å². The third-order valence-electron chi connectivity index (χ3n) is 6.36. The smallest absolute Gasteiger partial charge is 0.226 e. The first kappa shape index (κ1) is 18.1. The van der Waals surface area contributed by atoms with Crippen molar-refractivity contribution in [3.63, 3.8) is 0 Å². The molecule has 2 amide bonds. The van der Waals surface area contributed by atoms with Crippen molar-refractivity contribution in [1.29, 1.82) is 0 Å². The highest BCUT2D eigenvalue weighted by Gasteiger charge is 2.54. The second-order valence-corrected chi connectivity index (χ2v) is 9.20. The van der Waals surface area contributed by atoms with Crippen LogP contribution in [0.1, 0.15) is 44.9 Å².